The van der Waals surface area contributed by atoms with E-state index in [-0.39, 0.29) is 17.2 Å². The van der Waals surface area contributed by atoms with Crippen molar-refractivity contribution in [2.45, 2.75) is 0 Å². The number of nitriles is 3. The summed E-state index contributed by atoms with van der Waals surface area (Å²) in [6.45, 7) is 0. The van der Waals surface area contributed by atoms with E-state index in [4.69, 9.17) is 27.4 Å². The molecule has 6 nitrogen and oxygen atoms in total. The molecule has 0 heterocycles. The molecule has 25 heavy (non-hydrogen) atoms. The minimum Gasteiger partial charge on any atom is -0.345 e. The normalized spacial score (nSPS) is 9.04. The fourth-order valence-electron chi connectivity index (χ4n) is 1.95. The van der Waals surface area contributed by atoms with Gasteiger partial charge in [0, 0.05) is 11.4 Å². The highest BCUT2D eigenvalue weighted by Gasteiger charge is 2.11. The van der Waals surface area contributed by atoms with Gasteiger partial charge >= 0.3 is 0 Å². The van der Waals surface area contributed by atoms with Crippen molar-refractivity contribution in [3.63, 3.8) is 0 Å². The third kappa shape index (κ3) is 4.36. The Labute approximate surface area is 149 Å². The lowest BCUT2D eigenvalue weighted by molar-refractivity contribution is 0.102. The van der Waals surface area contributed by atoms with E-state index in [0.717, 1.165) is 0 Å². The molecule has 7 heteroatoms. The van der Waals surface area contributed by atoms with Crippen LogP contribution in [0.15, 0.2) is 59.8 Å². The van der Waals surface area contributed by atoms with Crippen LogP contribution in [0.1, 0.15) is 10.4 Å². The van der Waals surface area contributed by atoms with Crippen molar-refractivity contribution >= 4 is 28.9 Å². The Morgan fingerprint density at radius 3 is 2.12 bits per heavy atom. The number of nitrogens with one attached hydrogen (secondary N) is 2. The van der Waals surface area contributed by atoms with Gasteiger partial charge < -0.3 is 10.6 Å². The van der Waals surface area contributed by atoms with Crippen molar-refractivity contribution in [2.75, 3.05) is 10.6 Å². The number of carbonyl (C=O) groups excluding carboxylic acids is 1. The molecule has 0 aliphatic carbocycles. The van der Waals surface area contributed by atoms with Crippen LogP contribution in [-0.2, 0) is 0 Å². The number of carbonyl (C=O) groups is 1. The first-order valence-corrected chi connectivity index (χ1v) is 7.34. The molecular formula is C18H10ClN5O. The molecule has 2 rings (SSSR count). The van der Waals surface area contributed by atoms with Crippen molar-refractivity contribution in [3.8, 4) is 18.2 Å². The van der Waals surface area contributed by atoms with Gasteiger partial charge in [0.2, 0.25) is 0 Å². The Balaban J connectivity index is 2.23. The van der Waals surface area contributed by atoms with Crippen LogP contribution in [0.4, 0.5) is 11.4 Å². The number of nitrogens with zero attached hydrogens (tertiary/aromatic N) is 3. The minimum atomic E-state index is -0.381. The molecule has 0 aliphatic heterocycles. The molecule has 0 aliphatic rings. The quantitative estimate of drug-likeness (QED) is 0.816. The molecule has 0 aromatic heterocycles. The van der Waals surface area contributed by atoms with Crippen molar-refractivity contribution in [1.29, 1.82) is 15.8 Å². The van der Waals surface area contributed by atoms with Crippen LogP contribution < -0.4 is 10.6 Å². The second-order valence-corrected chi connectivity index (χ2v) is 5.13. The van der Waals surface area contributed by atoms with Crippen molar-refractivity contribution in [1.82, 2.24) is 0 Å². The van der Waals surface area contributed by atoms with E-state index >= 15 is 0 Å². The highest BCUT2D eigenvalue weighted by atomic mass is 35.5. The maximum atomic E-state index is 12.3. The number of halogens is 1. The first-order chi connectivity index (χ1) is 12.1. The van der Waals surface area contributed by atoms with Crippen LogP contribution in [0, 0.1) is 34.0 Å². The van der Waals surface area contributed by atoms with E-state index in [1.54, 1.807) is 66.7 Å². The smallest absolute Gasteiger partial charge is 0.257 e. The molecule has 0 saturated carbocycles. The van der Waals surface area contributed by atoms with E-state index in [1.807, 2.05) is 0 Å². The summed E-state index contributed by atoms with van der Waals surface area (Å²) in [5.74, 6) is -0.381. The zero-order valence-corrected chi connectivity index (χ0v) is 13.5. The molecule has 2 N–H and O–H groups in total. The predicted molar refractivity (Wildman–Crippen MR) is 93.3 cm³/mol. The van der Waals surface area contributed by atoms with Crippen molar-refractivity contribution in [2.24, 2.45) is 0 Å². The summed E-state index contributed by atoms with van der Waals surface area (Å²) in [7, 11) is 0. The second kappa shape index (κ2) is 8.17. The summed E-state index contributed by atoms with van der Waals surface area (Å²) >= 11 is 5.99. The van der Waals surface area contributed by atoms with Gasteiger partial charge in [-0.05, 0) is 30.3 Å². The molecule has 0 unspecified atom stereocenters. The number of allylic oxidation sites excluding steroid dienone is 2. The maximum Gasteiger partial charge on any atom is 0.257 e. The van der Waals surface area contributed by atoms with Gasteiger partial charge in [0.25, 0.3) is 5.91 Å². The Morgan fingerprint density at radius 2 is 1.52 bits per heavy atom. The summed E-state index contributed by atoms with van der Waals surface area (Å²) in [5, 5.41) is 32.5. The monoisotopic (exact) mass is 347 g/mol. The molecule has 0 saturated heterocycles. The second-order valence-electron chi connectivity index (χ2n) is 4.73. The maximum absolute atomic E-state index is 12.3. The lowest BCUT2D eigenvalue weighted by atomic mass is 10.2. The molecule has 0 fully saturated rings. The van der Waals surface area contributed by atoms with Gasteiger partial charge in [-0.2, -0.15) is 15.8 Å². The van der Waals surface area contributed by atoms with Crippen LogP contribution in [0.2, 0.25) is 5.02 Å². The number of hydrogen-bond donors (Lipinski definition) is 2. The number of rotatable bonds is 4. The van der Waals surface area contributed by atoms with Crippen LogP contribution in [0.5, 0.6) is 0 Å². The van der Waals surface area contributed by atoms with Gasteiger partial charge in [0.1, 0.15) is 23.9 Å². The Morgan fingerprint density at radius 1 is 0.880 bits per heavy atom. The molecule has 1 amide bonds. The first kappa shape index (κ1) is 17.6. The topological polar surface area (TPSA) is 112 Å². The van der Waals surface area contributed by atoms with Gasteiger partial charge in [-0.15, -0.1) is 0 Å². The molecule has 0 bridgehead atoms. The van der Waals surface area contributed by atoms with Gasteiger partial charge in [0.15, 0.2) is 5.57 Å². The number of hydrogen-bond acceptors (Lipinski definition) is 5. The van der Waals surface area contributed by atoms with E-state index in [2.05, 4.69) is 10.6 Å². The average molecular weight is 348 g/mol. The fraction of sp³-hybridized carbons (Fsp3) is 0. The van der Waals surface area contributed by atoms with Crippen LogP contribution in [0.3, 0.4) is 0 Å². The Hall–Kier alpha value is -3.79. The van der Waals surface area contributed by atoms with Crippen molar-refractivity contribution < 1.29 is 4.79 Å². The van der Waals surface area contributed by atoms with Gasteiger partial charge in [-0.3, -0.25) is 4.79 Å². The number of anilines is 2. The van der Waals surface area contributed by atoms with E-state index < -0.39 is 0 Å². The van der Waals surface area contributed by atoms with E-state index in [9.17, 15) is 4.79 Å². The zero-order valence-electron chi connectivity index (χ0n) is 12.7. The molecule has 120 valence electrons. The molecule has 0 spiro atoms. The molecular weight excluding hydrogens is 338 g/mol. The largest absolute Gasteiger partial charge is 0.345 e. The van der Waals surface area contributed by atoms with Gasteiger partial charge in [0.05, 0.1) is 10.6 Å². The Bertz CT molecular complexity index is 960. The summed E-state index contributed by atoms with van der Waals surface area (Å²) in [6.07, 6.45) is 0. The lowest BCUT2D eigenvalue weighted by Crippen LogP contribution is -2.12. The standard InChI is InChI=1S/C18H10ClN5O/c19-16-7-2-1-6-15(16)18(25)24-14-5-3-4-13(8-14)23-17(11-22)12(9-20)10-21/h1-8,23H,(H,24,25). The first-order valence-electron chi connectivity index (χ1n) is 6.96. The highest BCUT2D eigenvalue weighted by Crippen LogP contribution is 2.20. The highest BCUT2D eigenvalue weighted by molar-refractivity contribution is 6.34. The average Bonchev–Trinajstić information content (AvgIpc) is 2.62. The fourth-order valence-corrected chi connectivity index (χ4v) is 2.17. The van der Waals surface area contributed by atoms with Gasteiger partial charge in [-0.1, -0.05) is 29.8 Å². The Kier molecular flexibility index (Phi) is 5.74. The third-order valence-corrected chi connectivity index (χ3v) is 3.42. The van der Waals surface area contributed by atoms with Crippen LogP contribution in [-0.4, -0.2) is 5.91 Å². The van der Waals surface area contributed by atoms with E-state index in [0.29, 0.717) is 22.0 Å². The molecule has 0 radical (unpaired) electrons. The minimum absolute atomic E-state index is 0.167. The van der Waals surface area contributed by atoms with Crippen LogP contribution >= 0.6 is 11.6 Å². The third-order valence-electron chi connectivity index (χ3n) is 3.09. The van der Waals surface area contributed by atoms with Crippen LogP contribution in [0.25, 0.3) is 0 Å². The van der Waals surface area contributed by atoms with Crippen molar-refractivity contribution in [3.05, 3.63) is 70.4 Å². The summed E-state index contributed by atoms with van der Waals surface area (Å²) in [4.78, 5) is 12.3. The molecule has 0 atom stereocenters. The van der Waals surface area contributed by atoms with E-state index in [1.165, 1.54) is 0 Å². The molecule has 2 aromatic rings. The van der Waals surface area contributed by atoms with Gasteiger partial charge in [-0.25, -0.2) is 0 Å². The number of benzene rings is 2. The predicted octanol–water partition coefficient (Wildman–Crippen LogP) is 3.83. The number of amides is 1. The SMILES string of the molecule is N#CC(C#N)=C(C#N)Nc1cccc(NC(=O)c2ccccc2Cl)c1. The molecule has 2 aromatic carbocycles. The summed E-state index contributed by atoms with van der Waals surface area (Å²) < 4.78 is 0. The summed E-state index contributed by atoms with van der Waals surface area (Å²) in [5.41, 5.74) is 0.739. The lowest BCUT2D eigenvalue weighted by Gasteiger charge is -2.09. The summed E-state index contributed by atoms with van der Waals surface area (Å²) in [6, 6.07) is 18.2. The zero-order chi connectivity index (χ0) is 18.2.